The van der Waals surface area contributed by atoms with Gasteiger partial charge in [0.2, 0.25) is 0 Å². The lowest BCUT2D eigenvalue weighted by Crippen LogP contribution is -2.22. The number of nitrogens with one attached hydrogen (secondary N) is 1. The molecule has 0 radical (unpaired) electrons. The van der Waals surface area contributed by atoms with E-state index in [9.17, 15) is 0 Å². The van der Waals surface area contributed by atoms with E-state index in [2.05, 4.69) is 37.1 Å². The van der Waals surface area contributed by atoms with Gasteiger partial charge < -0.3 is 5.32 Å². The summed E-state index contributed by atoms with van der Waals surface area (Å²) in [6.07, 6.45) is 5.26. The second kappa shape index (κ2) is 4.96. The third kappa shape index (κ3) is 2.82. The summed E-state index contributed by atoms with van der Waals surface area (Å²) >= 11 is 0. The van der Waals surface area contributed by atoms with Gasteiger partial charge in [-0.3, -0.25) is 4.98 Å². The van der Waals surface area contributed by atoms with Crippen LogP contribution in [0.15, 0.2) is 18.5 Å². The van der Waals surface area contributed by atoms with Gasteiger partial charge in [0.25, 0.3) is 0 Å². The van der Waals surface area contributed by atoms with Crippen LogP contribution >= 0.6 is 0 Å². The summed E-state index contributed by atoms with van der Waals surface area (Å²) < 4.78 is 0. The highest BCUT2D eigenvalue weighted by molar-refractivity contribution is 5.30. The zero-order chi connectivity index (χ0) is 11.5. The van der Waals surface area contributed by atoms with Crippen molar-refractivity contribution in [3.05, 3.63) is 29.6 Å². The molecule has 1 fully saturated rings. The monoisotopic (exact) mass is 218 g/mol. The third-order valence-corrected chi connectivity index (χ3v) is 3.36. The van der Waals surface area contributed by atoms with E-state index >= 15 is 0 Å². The lowest BCUT2D eigenvalue weighted by atomic mass is 10.1. The Hall–Kier alpha value is -0.890. The topological polar surface area (TPSA) is 24.9 Å². The largest absolute Gasteiger partial charge is 0.316 e. The molecule has 0 amide bonds. The number of hydrogen-bond donors (Lipinski definition) is 1. The molecule has 0 aromatic carbocycles. The molecule has 2 unspecified atom stereocenters. The predicted molar refractivity (Wildman–Crippen MR) is 67.5 cm³/mol. The molecule has 0 spiro atoms. The molecule has 1 aliphatic carbocycles. The van der Waals surface area contributed by atoms with Gasteiger partial charge in [0.15, 0.2) is 0 Å². The molecular weight excluding hydrogens is 196 g/mol. The molecule has 0 bridgehead atoms. The summed E-state index contributed by atoms with van der Waals surface area (Å²) in [6.45, 7) is 8.99. The second-order valence-electron chi connectivity index (χ2n) is 5.39. The molecule has 2 atom stereocenters. The van der Waals surface area contributed by atoms with Crippen molar-refractivity contribution < 1.29 is 0 Å². The van der Waals surface area contributed by atoms with E-state index in [0.717, 1.165) is 30.8 Å². The van der Waals surface area contributed by atoms with Gasteiger partial charge >= 0.3 is 0 Å². The maximum Gasteiger partial charge on any atom is 0.0305 e. The number of pyridine rings is 1. The van der Waals surface area contributed by atoms with Gasteiger partial charge in [-0.05, 0) is 61.4 Å². The van der Waals surface area contributed by atoms with E-state index in [1.807, 2.05) is 12.4 Å². The average molecular weight is 218 g/mol. The average Bonchev–Trinajstić information content (AvgIpc) is 2.97. The quantitative estimate of drug-likeness (QED) is 0.822. The van der Waals surface area contributed by atoms with E-state index < -0.39 is 0 Å². The van der Waals surface area contributed by atoms with Crippen molar-refractivity contribution in [3.8, 4) is 0 Å². The third-order valence-electron chi connectivity index (χ3n) is 3.36. The molecule has 0 aliphatic heterocycles. The van der Waals surface area contributed by atoms with E-state index in [4.69, 9.17) is 0 Å². The van der Waals surface area contributed by atoms with Gasteiger partial charge in [0.05, 0.1) is 0 Å². The molecule has 2 nitrogen and oxygen atoms in total. The van der Waals surface area contributed by atoms with Crippen LogP contribution in [0.5, 0.6) is 0 Å². The molecule has 2 heteroatoms. The van der Waals surface area contributed by atoms with Gasteiger partial charge in [0.1, 0.15) is 0 Å². The molecule has 1 aliphatic rings. The Morgan fingerprint density at radius 2 is 2.31 bits per heavy atom. The van der Waals surface area contributed by atoms with Gasteiger partial charge in [-0.2, -0.15) is 0 Å². The highest BCUT2D eigenvalue weighted by atomic mass is 14.9. The highest BCUT2D eigenvalue weighted by Gasteiger charge is 2.38. The molecule has 0 saturated heterocycles. The SMILES string of the molecule is Cc1ccncc1C1CC1CNCC(C)C. The molecular formula is C14H22N2. The smallest absolute Gasteiger partial charge is 0.0305 e. The Bertz CT molecular complexity index is 346. The summed E-state index contributed by atoms with van der Waals surface area (Å²) in [5.41, 5.74) is 2.85. The van der Waals surface area contributed by atoms with E-state index in [1.165, 1.54) is 17.5 Å². The Morgan fingerprint density at radius 1 is 1.50 bits per heavy atom. The van der Waals surface area contributed by atoms with Gasteiger partial charge in [-0.25, -0.2) is 0 Å². The van der Waals surface area contributed by atoms with Crippen LogP contribution in [0.1, 0.15) is 37.3 Å². The Morgan fingerprint density at radius 3 is 3.00 bits per heavy atom. The maximum absolute atomic E-state index is 4.23. The van der Waals surface area contributed by atoms with E-state index in [1.54, 1.807) is 0 Å². The summed E-state index contributed by atoms with van der Waals surface area (Å²) in [4.78, 5) is 4.23. The Balaban J connectivity index is 1.81. The highest BCUT2D eigenvalue weighted by Crippen LogP contribution is 2.47. The number of aryl methyl sites for hydroxylation is 1. The fourth-order valence-corrected chi connectivity index (χ4v) is 2.28. The lowest BCUT2D eigenvalue weighted by Gasteiger charge is -2.07. The molecule has 1 aromatic heterocycles. The van der Waals surface area contributed by atoms with Gasteiger partial charge in [-0.15, -0.1) is 0 Å². The van der Waals surface area contributed by atoms with Crippen LogP contribution in [0.25, 0.3) is 0 Å². The van der Waals surface area contributed by atoms with E-state index in [-0.39, 0.29) is 0 Å². The second-order valence-corrected chi connectivity index (χ2v) is 5.39. The van der Waals surface area contributed by atoms with Gasteiger partial charge in [0, 0.05) is 12.4 Å². The molecule has 2 rings (SSSR count). The zero-order valence-electron chi connectivity index (χ0n) is 10.5. The van der Waals surface area contributed by atoms with Crippen LogP contribution in [0.3, 0.4) is 0 Å². The maximum atomic E-state index is 4.23. The molecule has 16 heavy (non-hydrogen) atoms. The predicted octanol–water partition coefficient (Wildman–Crippen LogP) is 2.74. The van der Waals surface area contributed by atoms with Crippen molar-refractivity contribution in [3.63, 3.8) is 0 Å². The first-order valence-electron chi connectivity index (χ1n) is 6.29. The minimum atomic E-state index is 0.748. The first-order valence-corrected chi connectivity index (χ1v) is 6.29. The van der Waals surface area contributed by atoms with Crippen molar-refractivity contribution in [2.45, 2.75) is 33.1 Å². The number of rotatable bonds is 5. The summed E-state index contributed by atoms with van der Waals surface area (Å²) in [5.74, 6) is 2.34. The van der Waals surface area contributed by atoms with Crippen molar-refractivity contribution in [2.24, 2.45) is 11.8 Å². The van der Waals surface area contributed by atoms with Crippen molar-refractivity contribution >= 4 is 0 Å². The molecule has 1 aromatic rings. The molecule has 1 saturated carbocycles. The van der Waals surface area contributed by atoms with Crippen LogP contribution in [0.2, 0.25) is 0 Å². The summed E-state index contributed by atoms with van der Waals surface area (Å²) in [6, 6.07) is 2.12. The lowest BCUT2D eigenvalue weighted by molar-refractivity contribution is 0.532. The van der Waals surface area contributed by atoms with Gasteiger partial charge in [-0.1, -0.05) is 13.8 Å². The van der Waals surface area contributed by atoms with Crippen LogP contribution in [-0.2, 0) is 0 Å². The minimum Gasteiger partial charge on any atom is -0.316 e. The van der Waals surface area contributed by atoms with Crippen molar-refractivity contribution in [1.82, 2.24) is 10.3 Å². The molecule has 88 valence electrons. The molecule has 1 N–H and O–H groups in total. The summed E-state index contributed by atoms with van der Waals surface area (Å²) in [5, 5.41) is 3.55. The number of aromatic nitrogens is 1. The first kappa shape index (κ1) is 11.6. The van der Waals surface area contributed by atoms with Crippen LogP contribution < -0.4 is 5.32 Å². The van der Waals surface area contributed by atoms with Crippen LogP contribution in [-0.4, -0.2) is 18.1 Å². The van der Waals surface area contributed by atoms with Crippen molar-refractivity contribution in [2.75, 3.05) is 13.1 Å². The zero-order valence-corrected chi connectivity index (χ0v) is 10.5. The number of nitrogens with zero attached hydrogens (tertiary/aromatic N) is 1. The van der Waals surface area contributed by atoms with Crippen molar-refractivity contribution in [1.29, 1.82) is 0 Å². The Labute approximate surface area is 98.5 Å². The van der Waals surface area contributed by atoms with Crippen LogP contribution in [0, 0.1) is 18.8 Å². The van der Waals surface area contributed by atoms with Crippen LogP contribution in [0.4, 0.5) is 0 Å². The Kier molecular flexibility index (Phi) is 3.59. The van der Waals surface area contributed by atoms with E-state index in [0.29, 0.717) is 0 Å². The molecule has 1 heterocycles. The fourth-order valence-electron chi connectivity index (χ4n) is 2.28. The number of hydrogen-bond acceptors (Lipinski definition) is 2. The minimum absolute atomic E-state index is 0.748. The summed E-state index contributed by atoms with van der Waals surface area (Å²) in [7, 11) is 0. The standard InChI is InChI=1S/C14H22N2/c1-10(2)7-16-8-12-6-13(12)14-9-15-5-4-11(14)3/h4-5,9-10,12-13,16H,6-8H2,1-3H3. The fraction of sp³-hybridized carbons (Fsp3) is 0.643. The normalized spacial score (nSPS) is 23.8. The first-order chi connectivity index (χ1) is 7.68.